The number of methoxy groups -OCH3 is 2. The van der Waals surface area contributed by atoms with Crippen molar-refractivity contribution < 1.29 is 14.3 Å². The van der Waals surface area contributed by atoms with Crippen molar-refractivity contribution in [3.05, 3.63) is 58.7 Å². The fourth-order valence-electron chi connectivity index (χ4n) is 3.65. The summed E-state index contributed by atoms with van der Waals surface area (Å²) in [5.74, 6) is 1.16. The van der Waals surface area contributed by atoms with Crippen LogP contribution in [0, 0.1) is 11.3 Å². The highest BCUT2D eigenvalue weighted by molar-refractivity contribution is 5.77. The van der Waals surface area contributed by atoms with Gasteiger partial charge in [-0.05, 0) is 66.5 Å². The van der Waals surface area contributed by atoms with Gasteiger partial charge in [0.2, 0.25) is 5.91 Å². The van der Waals surface area contributed by atoms with Crippen LogP contribution < -0.4 is 14.8 Å². The minimum atomic E-state index is -0.620. The van der Waals surface area contributed by atoms with Crippen LogP contribution in [0.3, 0.4) is 0 Å². The lowest BCUT2D eigenvalue weighted by Gasteiger charge is -2.19. The minimum absolute atomic E-state index is 0.140. The third-order valence-electron chi connectivity index (χ3n) is 5.23. The number of nitrogens with zero attached hydrogens (tertiary/aromatic N) is 1. The summed E-state index contributed by atoms with van der Waals surface area (Å²) in [6.07, 6.45) is 5.43. The predicted octanol–water partition coefficient (Wildman–Crippen LogP) is 3.90. The van der Waals surface area contributed by atoms with E-state index >= 15 is 0 Å². The number of carbonyl (C=O) groups excluding carboxylic acids is 1. The van der Waals surface area contributed by atoms with E-state index in [2.05, 4.69) is 23.5 Å². The van der Waals surface area contributed by atoms with Crippen LogP contribution in [-0.4, -0.2) is 20.1 Å². The van der Waals surface area contributed by atoms with Crippen molar-refractivity contribution in [1.29, 1.82) is 5.26 Å². The molecule has 1 N–H and O–H groups in total. The van der Waals surface area contributed by atoms with Gasteiger partial charge in [0.25, 0.3) is 0 Å². The molecule has 0 bridgehead atoms. The van der Waals surface area contributed by atoms with Gasteiger partial charge in [-0.3, -0.25) is 4.79 Å². The van der Waals surface area contributed by atoms with E-state index in [4.69, 9.17) is 9.47 Å². The van der Waals surface area contributed by atoms with Crippen molar-refractivity contribution in [1.82, 2.24) is 5.32 Å². The number of ether oxygens (including phenoxy) is 2. The van der Waals surface area contributed by atoms with E-state index in [9.17, 15) is 10.1 Å². The predicted molar refractivity (Wildman–Crippen MR) is 107 cm³/mol. The second-order valence-electron chi connectivity index (χ2n) is 7.05. The van der Waals surface area contributed by atoms with Gasteiger partial charge in [-0.15, -0.1) is 0 Å². The normalized spacial score (nSPS) is 13.8. The van der Waals surface area contributed by atoms with Gasteiger partial charge in [-0.1, -0.05) is 24.3 Å². The monoisotopic (exact) mass is 378 g/mol. The van der Waals surface area contributed by atoms with Crippen LogP contribution in [0.15, 0.2) is 36.4 Å². The Kier molecular flexibility index (Phi) is 6.54. The molecule has 1 atom stereocenters. The minimum Gasteiger partial charge on any atom is -0.493 e. The van der Waals surface area contributed by atoms with Gasteiger partial charge in [0.05, 0.1) is 20.3 Å². The molecule has 2 aromatic carbocycles. The molecule has 3 rings (SSSR count). The highest BCUT2D eigenvalue weighted by Crippen LogP contribution is 2.28. The number of hydrogen-bond donors (Lipinski definition) is 1. The number of nitriles is 1. The molecule has 5 heteroatoms. The zero-order chi connectivity index (χ0) is 19.9. The molecule has 28 heavy (non-hydrogen) atoms. The SMILES string of the molecule is COc1ccc(CCC(=O)NC(C#N)c2ccc3c(c2)CCCC3)cc1OC. The summed E-state index contributed by atoms with van der Waals surface area (Å²) >= 11 is 0. The third-order valence-corrected chi connectivity index (χ3v) is 5.23. The van der Waals surface area contributed by atoms with E-state index in [1.807, 2.05) is 24.3 Å². The Morgan fingerprint density at radius 1 is 1.07 bits per heavy atom. The average molecular weight is 378 g/mol. The van der Waals surface area contributed by atoms with E-state index in [-0.39, 0.29) is 5.91 Å². The Morgan fingerprint density at radius 2 is 1.82 bits per heavy atom. The van der Waals surface area contributed by atoms with Crippen molar-refractivity contribution in [3.8, 4) is 17.6 Å². The fourth-order valence-corrected chi connectivity index (χ4v) is 3.65. The Balaban J connectivity index is 1.61. The second kappa shape index (κ2) is 9.27. The van der Waals surface area contributed by atoms with Crippen LogP contribution in [0.5, 0.6) is 11.5 Å². The molecule has 1 aliphatic rings. The molecule has 1 unspecified atom stereocenters. The molecular formula is C23H26N2O3. The summed E-state index contributed by atoms with van der Waals surface area (Å²) in [4.78, 5) is 12.4. The molecule has 2 aromatic rings. The first-order valence-corrected chi connectivity index (χ1v) is 9.66. The van der Waals surface area contributed by atoms with Crippen LogP contribution in [0.4, 0.5) is 0 Å². The molecule has 1 aliphatic carbocycles. The van der Waals surface area contributed by atoms with Gasteiger partial charge in [-0.25, -0.2) is 0 Å². The Hall–Kier alpha value is -3.00. The zero-order valence-corrected chi connectivity index (χ0v) is 16.5. The molecule has 0 aliphatic heterocycles. The first-order valence-electron chi connectivity index (χ1n) is 9.66. The highest BCUT2D eigenvalue weighted by atomic mass is 16.5. The maximum absolute atomic E-state index is 12.4. The van der Waals surface area contributed by atoms with Crippen molar-refractivity contribution in [3.63, 3.8) is 0 Å². The van der Waals surface area contributed by atoms with Gasteiger partial charge in [0.15, 0.2) is 11.5 Å². The summed E-state index contributed by atoms with van der Waals surface area (Å²) < 4.78 is 10.5. The molecule has 5 nitrogen and oxygen atoms in total. The molecule has 0 saturated carbocycles. The lowest BCUT2D eigenvalue weighted by atomic mass is 9.89. The van der Waals surface area contributed by atoms with E-state index in [0.29, 0.717) is 24.3 Å². The fraction of sp³-hybridized carbons (Fsp3) is 0.391. The van der Waals surface area contributed by atoms with Crippen molar-refractivity contribution >= 4 is 5.91 Å². The van der Waals surface area contributed by atoms with Gasteiger partial charge in [-0.2, -0.15) is 5.26 Å². The van der Waals surface area contributed by atoms with Crippen LogP contribution in [0.25, 0.3) is 0 Å². The number of amides is 1. The van der Waals surface area contributed by atoms with Crippen LogP contribution in [0.1, 0.15) is 47.6 Å². The van der Waals surface area contributed by atoms with Crippen molar-refractivity contribution in [2.75, 3.05) is 14.2 Å². The number of carbonyl (C=O) groups is 1. The highest BCUT2D eigenvalue weighted by Gasteiger charge is 2.17. The van der Waals surface area contributed by atoms with Crippen LogP contribution in [0.2, 0.25) is 0 Å². The molecule has 0 heterocycles. The number of aryl methyl sites for hydroxylation is 3. The number of rotatable bonds is 7. The molecule has 0 spiro atoms. The van der Waals surface area contributed by atoms with Crippen LogP contribution >= 0.6 is 0 Å². The van der Waals surface area contributed by atoms with E-state index < -0.39 is 6.04 Å². The number of benzene rings is 2. The maximum atomic E-state index is 12.4. The topological polar surface area (TPSA) is 71.3 Å². The third kappa shape index (κ3) is 4.64. The Morgan fingerprint density at radius 3 is 2.54 bits per heavy atom. The van der Waals surface area contributed by atoms with E-state index in [0.717, 1.165) is 24.0 Å². The molecule has 0 saturated heterocycles. The lowest BCUT2D eigenvalue weighted by Crippen LogP contribution is -2.28. The van der Waals surface area contributed by atoms with Gasteiger partial charge >= 0.3 is 0 Å². The first-order chi connectivity index (χ1) is 13.6. The molecule has 1 amide bonds. The Bertz CT molecular complexity index is 886. The Labute approximate surface area is 166 Å². The van der Waals surface area contributed by atoms with Crippen molar-refractivity contribution in [2.24, 2.45) is 0 Å². The van der Waals surface area contributed by atoms with Gasteiger partial charge in [0, 0.05) is 6.42 Å². The smallest absolute Gasteiger partial charge is 0.221 e. The summed E-state index contributed by atoms with van der Waals surface area (Å²) in [6, 6.07) is 13.4. The summed E-state index contributed by atoms with van der Waals surface area (Å²) in [7, 11) is 3.18. The summed E-state index contributed by atoms with van der Waals surface area (Å²) in [5, 5.41) is 12.4. The molecule has 146 valence electrons. The van der Waals surface area contributed by atoms with E-state index in [1.165, 1.54) is 24.0 Å². The van der Waals surface area contributed by atoms with Crippen molar-refractivity contribution in [2.45, 2.75) is 44.6 Å². The standard InChI is InChI=1S/C23H26N2O3/c1-27-21-11-7-16(13-22(21)28-2)8-12-23(26)25-20(15-24)19-10-9-17-5-3-4-6-18(17)14-19/h7,9-11,13-14,20H,3-6,8,12H2,1-2H3,(H,25,26). The van der Waals surface area contributed by atoms with E-state index in [1.54, 1.807) is 14.2 Å². The summed E-state index contributed by atoms with van der Waals surface area (Å²) in [6.45, 7) is 0. The molecule has 0 fully saturated rings. The molecular weight excluding hydrogens is 352 g/mol. The zero-order valence-electron chi connectivity index (χ0n) is 16.5. The number of nitrogens with one attached hydrogen (secondary N) is 1. The molecule has 0 radical (unpaired) electrons. The van der Waals surface area contributed by atoms with Gasteiger partial charge < -0.3 is 14.8 Å². The lowest BCUT2D eigenvalue weighted by molar-refractivity contribution is -0.121. The molecule has 0 aromatic heterocycles. The average Bonchev–Trinajstić information content (AvgIpc) is 2.75. The quantitative estimate of drug-likeness (QED) is 0.793. The van der Waals surface area contributed by atoms with Crippen LogP contribution in [-0.2, 0) is 24.1 Å². The maximum Gasteiger partial charge on any atom is 0.221 e. The second-order valence-corrected chi connectivity index (χ2v) is 7.05. The number of fused-ring (bicyclic) bond motifs is 1. The summed E-state index contributed by atoms with van der Waals surface area (Å²) in [5.41, 5.74) is 4.52. The van der Waals surface area contributed by atoms with Gasteiger partial charge in [0.1, 0.15) is 6.04 Å². The first kappa shape index (κ1) is 19.8. The number of hydrogen-bond acceptors (Lipinski definition) is 4. The largest absolute Gasteiger partial charge is 0.493 e.